The van der Waals surface area contributed by atoms with Crippen LogP contribution in [0.4, 0.5) is 4.39 Å². The first-order chi connectivity index (χ1) is 8.43. The van der Waals surface area contributed by atoms with E-state index in [4.69, 9.17) is 5.73 Å². The summed E-state index contributed by atoms with van der Waals surface area (Å²) in [6.45, 7) is 6.70. The summed E-state index contributed by atoms with van der Waals surface area (Å²) in [6.07, 6.45) is 3.34. The van der Waals surface area contributed by atoms with E-state index < -0.39 is 0 Å². The van der Waals surface area contributed by atoms with Gasteiger partial charge in [-0.2, -0.15) is 0 Å². The average molecular weight is 249 g/mol. The van der Waals surface area contributed by atoms with Gasteiger partial charge in [0.25, 0.3) is 0 Å². The van der Waals surface area contributed by atoms with E-state index in [1.54, 1.807) is 12.1 Å². The van der Waals surface area contributed by atoms with Gasteiger partial charge in [0, 0.05) is 5.54 Å². The van der Waals surface area contributed by atoms with E-state index in [9.17, 15) is 4.39 Å². The van der Waals surface area contributed by atoms with Gasteiger partial charge in [0.05, 0.1) is 0 Å². The topological polar surface area (TPSA) is 26.0 Å². The summed E-state index contributed by atoms with van der Waals surface area (Å²) in [5.41, 5.74) is 7.32. The summed E-state index contributed by atoms with van der Waals surface area (Å²) < 4.78 is 13.5. The van der Waals surface area contributed by atoms with E-state index in [1.165, 1.54) is 12.5 Å². The van der Waals surface area contributed by atoms with Crippen molar-refractivity contribution in [2.45, 2.75) is 45.6 Å². The quantitative estimate of drug-likeness (QED) is 0.840. The molecule has 0 heterocycles. The zero-order chi connectivity index (χ0) is 13.3. The van der Waals surface area contributed by atoms with E-state index in [1.807, 2.05) is 6.07 Å². The summed E-state index contributed by atoms with van der Waals surface area (Å²) in [7, 11) is 0. The number of benzene rings is 1. The lowest BCUT2D eigenvalue weighted by molar-refractivity contribution is 0.108. The van der Waals surface area contributed by atoms with Crippen LogP contribution in [-0.2, 0) is 5.54 Å². The Bertz CT molecular complexity index is 415. The smallest absolute Gasteiger partial charge is 0.123 e. The average Bonchev–Trinajstić information content (AvgIpc) is 2.28. The van der Waals surface area contributed by atoms with Crippen LogP contribution in [0.2, 0.25) is 0 Å². The maximum absolute atomic E-state index is 13.5. The van der Waals surface area contributed by atoms with Crippen LogP contribution in [0.1, 0.15) is 45.6 Å². The molecule has 1 nitrogen and oxygen atoms in total. The molecule has 1 aromatic rings. The lowest BCUT2D eigenvalue weighted by atomic mass is 9.63. The van der Waals surface area contributed by atoms with Crippen molar-refractivity contribution in [3.63, 3.8) is 0 Å². The van der Waals surface area contributed by atoms with Gasteiger partial charge in [0.2, 0.25) is 0 Å². The molecule has 2 N–H and O–H groups in total. The zero-order valence-electron chi connectivity index (χ0n) is 11.6. The Hall–Kier alpha value is -0.890. The molecule has 0 amide bonds. The Morgan fingerprint density at radius 1 is 1.33 bits per heavy atom. The van der Waals surface area contributed by atoms with Crippen LogP contribution in [0.25, 0.3) is 0 Å². The Morgan fingerprint density at radius 3 is 2.67 bits per heavy atom. The van der Waals surface area contributed by atoms with Crippen molar-refractivity contribution in [3.05, 3.63) is 35.6 Å². The molecule has 0 aliphatic heterocycles. The summed E-state index contributed by atoms with van der Waals surface area (Å²) in [5.74, 6) is 1.41. The summed E-state index contributed by atoms with van der Waals surface area (Å²) in [6, 6.07) is 6.86. The van der Waals surface area contributed by atoms with Crippen LogP contribution in [0.15, 0.2) is 24.3 Å². The molecule has 1 saturated carbocycles. The van der Waals surface area contributed by atoms with Crippen LogP contribution in [0, 0.1) is 23.6 Å². The molecule has 3 atom stereocenters. The molecule has 3 unspecified atom stereocenters. The van der Waals surface area contributed by atoms with Crippen molar-refractivity contribution in [2.24, 2.45) is 23.5 Å². The van der Waals surface area contributed by atoms with Gasteiger partial charge in [-0.15, -0.1) is 0 Å². The second kappa shape index (κ2) is 5.00. The monoisotopic (exact) mass is 249 g/mol. The van der Waals surface area contributed by atoms with E-state index in [-0.39, 0.29) is 11.4 Å². The predicted octanol–water partition coefficient (Wildman–Crippen LogP) is 4.07. The minimum atomic E-state index is -0.367. The molecule has 0 aromatic heterocycles. The van der Waals surface area contributed by atoms with Gasteiger partial charge in [-0.1, -0.05) is 39.3 Å². The van der Waals surface area contributed by atoms with Gasteiger partial charge in [0.1, 0.15) is 5.82 Å². The fourth-order valence-corrected chi connectivity index (χ4v) is 3.59. The molecule has 100 valence electrons. The van der Waals surface area contributed by atoms with Gasteiger partial charge in [-0.05, 0) is 48.3 Å². The van der Waals surface area contributed by atoms with Crippen molar-refractivity contribution in [3.8, 4) is 0 Å². The van der Waals surface area contributed by atoms with E-state index in [0.29, 0.717) is 17.8 Å². The molecule has 0 saturated heterocycles. The number of hydrogen-bond acceptors (Lipinski definition) is 1. The Labute approximate surface area is 110 Å². The Balaban J connectivity index is 2.40. The summed E-state index contributed by atoms with van der Waals surface area (Å²) in [5, 5.41) is 0. The Kier molecular flexibility index (Phi) is 3.76. The molecule has 1 fully saturated rings. The van der Waals surface area contributed by atoms with Crippen molar-refractivity contribution in [1.29, 1.82) is 0 Å². The second-order valence-electron chi connectivity index (χ2n) is 6.29. The molecule has 0 bridgehead atoms. The van der Waals surface area contributed by atoms with Gasteiger partial charge < -0.3 is 5.73 Å². The third-order valence-electron chi connectivity index (χ3n) is 4.49. The lowest BCUT2D eigenvalue weighted by Crippen LogP contribution is -2.50. The normalized spacial score (nSPS) is 32.8. The van der Waals surface area contributed by atoms with Crippen LogP contribution >= 0.6 is 0 Å². The van der Waals surface area contributed by atoms with Gasteiger partial charge >= 0.3 is 0 Å². The predicted molar refractivity (Wildman–Crippen MR) is 73.6 cm³/mol. The first-order valence-electron chi connectivity index (χ1n) is 6.98. The third kappa shape index (κ3) is 2.44. The molecule has 1 aliphatic carbocycles. The number of nitrogens with two attached hydrogens (primary N) is 1. The molecule has 2 heteroatoms. The largest absolute Gasteiger partial charge is 0.321 e. The minimum absolute atomic E-state index is 0.182. The third-order valence-corrected chi connectivity index (χ3v) is 4.49. The lowest BCUT2D eigenvalue weighted by Gasteiger charge is -2.46. The molecule has 0 spiro atoms. The standard InChI is InChI=1S/C16H24FN/c1-11(2)15-8-7-12(3)10-16(15,18)13-5-4-6-14(17)9-13/h4-6,9,11-12,15H,7-8,10,18H2,1-3H3. The van der Waals surface area contributed by atoms with Crippen LogP contribution < -0.4 is 5.73 Å². The SMILES string of the molecule is CC1CCC(C(C)C)C(N)(c2cccc(F)c2)C1. The highest BCUT2D eigenvalue weighted by Crippen LogP contribution is 2.45. The fourth-order valence-electron chi connectivity index (χ4n) is 3.59. The first-order valence-corrected chi connectivity index (χ1v) is 6.98. The van der Waals surface area contributed by atoms with E-state index >= 15 is 0 Å². The van der Waals surface area contributed by atoms with Gasteiger partial charge in [0.15, 0.2) is 0 Å². The maximum atomic E-state index is 13.5. The maximum Gasteiger partial charge on any atom is 0.123 e. The highest BCUT2D eigenvalue weighted by atomic mass is 19.1. The van der Waals surface area contributed by atoms with Crippen molar-refractivity contribution in [1.82, 2.24) is 0 Å². The van der Waals surface area contributed by atoms with Crippen LogP contribution in [0.3, 0.4) is 0 Å². The number of hydrogen-bond donors (Lipinski definition) is 1. The van der Waals surface area contributed by atoms with Crippen LogP contribution in [0.5, 0.6) is 0 Å². The molecule has 0 radical (unpaired) electrons. The Morgan fingerprint density at radius 2 is 2.06 bits per heavy atom. The van der Waals surface area contributed by atoms with E-state index in [2.05, 4.69) is 20.8 Å². The zero-order valence-corrected chi connectivity index (χ0v) is 11.6. The van der Waals surface area contributed by atoms with Gasteiger partial charge in [-0.25, -0.2) is 4.39 Å². The number of halogens is 1. The summed E-state index contributed by atoms with van der Waals surface area (Å²) >= 11 is 0. The molecular weight excluding hydrogens is 225 g/mol. The van der Waals surface area contributed by atoms with Crippen molar-refractivity contribution < 1.29 is 4.39 Å². The van der Waals surface area contributed by atoms with Crippen molar-refractivity contribution in [2.75, 3.05) is 0 Å². The number of rotatable bonds is 2. The summed E-state index contributed by atoms with van der Waals surface area (Å²) in [4.78, 5) is 0. The first kappa shape index (κ1) is 13.5. The van der Waals surface area contributed by atoms with E-state index in [0.717, 1.165) is 18.4 Å². The van der Waals surface area contributed by atoms with Gasteiger partial charge in [-0.3, -0.25) is 0 Å². The molecule has 18 heavy (non-hydrogen) atoms. The molecular formula is C16H24FN. The molecule has 1 aromatic carbocycles. The second-order valence-corrected chi connectivity index (χ2v) is 6.29. The van der Waals surface area contributed by atoms with Crippen LogP contribution in [-0.4, -0.2) is 0 Å². The van der Waals surface area contributed by atoms with Crippen molar-refractivity contribution >= 4 is 0 Å². The molecule has 1 aliphatic rings. The minimum Gasteiger partial charge on any atom is -0.321 e. The highest BCUT2D eigenvalue weighted by Gasteiger charge is 2.42. The fraction of sp³-hybridized carbons (Fsp3) is 0.625. The molecule has 2 rings (SSSR count). The highest BCUT2D eigenvalue weighted by molar-refractivity contribution is 5.27.